The number of hydrogen-bond donors (Lipinski definition) is 1. The highest BCUT2D eigenvalue weighted by atomic mass is 19.1. The number of halogens is 1. The van der Waals surface area contributed by atoms with Gasteiger partial charge in [-0.1, -0.05) is 13.0 Å². The van der Waals surface area contributed by atoms with Crippen LogP contribution in [0.2, 0.25) is 0 Å². The van der Waals surface area contributed by atoms with Crippen molar-refractivity contribution in [2.24, 2.45) is 0 Å². The number of nitrogens with one attached hydrogen (secondary N) is 1. The lowest BCUT2D eigenvalue weighted by atomic mass is 9.81. The van der Waals surface area contributed by atoms with Crippen LogP contribution in [-0.4, -0.2) is 18.2 Å². The molecule has 1 aliphatic carbocycles. The van der Waals surface area contributed by atoms with Crippen LogP contribution in [0.4, 0.5) is 4.39 Å². The zero-order valence-corrected chi connectivity index (χ0v) is 12.8. The summed E-state index contributed by atoms with van der Waals surface area (Å²) >= 11 is 0. The minimum Gasteiger partial charge on any atom is -0.490 e. The Morgan fingerprint density at radius 3 is 3.05 bits per heavy atom. The van der Waals surface area contributed by atoms with Gasteiger partial charge in [0.05, 0.1) is 6.07 Å². The van der Waals surface area contributed by atoms with E-state index in [0.29, 0.717) is 12.2 Å². The quantitative estimate of drug-likeness (QED) is 0.899. The monoisotopic (exact) mass is 290 g/mol. The molecule has 0 saturated heterocycles. The number of aryl methyl sites for hydroxylation is 1. The van der Waals surface area contributed by atoms with Crippen molar-refractivity contribution in [1.29, 1.82) is 5.26 Å². The van der Waals surface area contributed by atoms with Gasteiger partial charge in [-0.25, -0.2) is 4.39 Å². The van der Waals surface area contributed by atoms with E-state index in [2.05, 4.69) is 18.3 Å². The molecule has 0 aromatic heterocycles. The summed E-state index contributed by atoms with van der Waals surface area (Å²) in [6.07, 6.45) is 4.32. The van der Waals surface area contributed by atoms with Gasteiger partial charge in [0.1, 0.15) is 23.2 Å². The van der Waals surface area contributed by atoms with Gasteiger partial charge in [0.2, 0.25) is 0 Å². The van der Waals surface area contributed by atoms with Gasteiger partial charge in [-0.05, 0) is 50.8 Å². The molecule has 1 N–H and O–H groups in total. The van der Waals surface area contributed by atoms with Crippen molar-refractivity contribution in [2.45, 2.75) is 57.6 Å². The van der Waals surface area contributed by atoms with Crippen LogP contribution in [0.25, 0.3) is 0 Å². The number of hydrogen-bond acceptors (Lipinski definition) is 3. The number of benzene rings is 1. The van der Waals surface area contributed by atoms with Crippen molar-refractivity contribution >= 4 is 0 Å². The summed E-state index contributed by atoms with van der Waals surface area (Å²) in [6.45, 7) is 4.83. The average molecular weight is 290 g/mol. The van der Waals surface area contributed by atoms with Crippen LogP contribution in [0.15, 0.2) is 18.2 Å². The van der Waals surface area contributed by atoms with Gasteiger partial charge >= 0.3 is 0 Å². The van der Waals surface area contributed by atoms with E-state index in [1.54, 1.807) is 6.07 Å². The number of rotatable bonds is 5. The molecule has 1 aromatic rings. The van der Waals surface area contributed by atoms with Crippen molar-refractivity contribution in [3.05, 3.63) is 29.6 Å². The first-order chi connectivity index (χ1) is 10.1. The first-order valence-corrected chi connectivity index (χ1v) is 7.67. The second-order valence-corrected chi connectivity index (χ2v) is 5.87. The van der Waals surface area contributed by atoms with Crippen molar-refractivity contribution in [3.8, 4) is 11.8 Å². The molecule has 1 fully saturated rings. The van der Waals surface area contributed by atoms with Gasteiger partial charge in [0.25, 0.3) is 0 Å². The highest BCUT2D eigenvalue weighted by Gasteiger charge is 2.37. The Kier molecular flexibility index (Phi) is 5.19. The summed E-state index contributed by atoms with van der Waals surface area (Å²) < 4.78 is 19.3. The minimum atomic E-state index is -0.500. The predicted octanol–water partition coefficient (Wildman–Crippen LogP) is 3.72. The fraction of sp³-hybridized carbons (Fsp3) is 0.588. The molecule has 2 rings (SSSR count). The molecule has 0 bridgehead atoms. The molecule has 0 aliphatic heterocycles. The van der Waals surface area contributed by atoms with E-state index in [1.165, 1.54) is 12.1 Å². The molecule has 114 valence electrons. The fourth-order valence-electron chi connectivity index (χ4n) is 2.87. The van der Waals surface area contributed by atoms with E-state index in [-0.39, 0.29) is 11.9 Å². The van der Waals surface area contributed by atoms with Gasteiger partial charge < -0.3 is 4.74 Å². The maximum absolute atomic E-state index is 13.3. The highest BCUT2D eigenvalue weighted by molar-refractivity contribution is 5.33. The lowest BCUT2D eigenvalue weighted by Gasteiger charge is -2.36. The molecule has 21 heavy (non-hydrogen) atoms. The first-order valence-electron chi connectivity index (χ1n) is 7.67. The predicted molar refractivity (Wildman–Crippen MR) is 80.7 cm³/mol. The second-order valence-electron chi connectivity index (χ2n) is 5.87. The highest BCUT2D eigenvalue weighted by Crippen LogP contribution is 2.32. The largest absolute Gasteiger partial charge is 0.490 e. The third kappa shape index (κ3) is 3.95. The van der Waals surface area contributed by atoms with E-state index in [0.717, 1.165) is 37.8 Å². The van der Waals surface area contributed by atoms with Crippen molar-refractivity contribution in [3.63, 3.8) is 0 Å². The second kappa shape index (κ2) is 6.91. The summed E-state index contributed by atoms with van der Waals surface area (Å²) in [5, 5.41) is 12.9. The van der Waals surface area contributed by atoms with Crippen LogP contribution < -0.4 is 10.1 Å². The average Bonchev–Trinajstić information content (AvgIpc) is 2.49. The van der Waals surface area contributed by atoms with E-state index in [9.17, 15) is 9.65 Å². The summed E-state index contributed by atoms with van der Waals surface area (Å²) in [5.74, 6) is 0.297. The van der Waals surface area contributed by atoms with E-state index >= 15 is 0 Å². The minimum absolute atomic E-state index is 0.0387. The molecule has 2 unspecified atom stereocenters. The maximum Gasteiger partial charge on any atom is 0.126 e. The van der Waals surface area contributed by atoms with E-state index in [1.807, 2.05) is 6.92 Å². The zero-order valence-electron chi connectivity index (χ0n) is 12.8. The van der Waals surface area contributed by atoms with Crippen molar-refractivity contribution in [2.75, 3.05) is 6.54 Å². The molecule has 1 saturated carbocycles. The Bertz CT molecular complexity index is 526. The van der Waals surface area contributed by atoms with Crippen LogP contribution >= 0.6 is 0 Å². The molecule has 0 heterocycles. The summed E-state index contributed by atoms with van der Waals surface area (Å²) in [6, 6.07) is 7.02. The van der Waals surface area contributed by atoms with E-state index in [4.69, 9.17) is 4.74 Å². The Morgan fingerprint density at radius 2 is 2.33 bits per heavy atom. The molecule has 1 aromatic carbocycles. The van der Waals surface area contributed by atoms with Gasteiger partial charge in [-0.3, -0.25) is 5.32 Å². The first kappa shape index (κ1) is 15.8. The number of nitrogens with zero attached hydrogens (tertiary/aromatic N) is 1. The van der Waals surface area contributed by atoms with Crippen molar-refractivity contribution < 1.29 is 9.13 Å². The van der Waals surface area contributed by atoms with Crippen LogP contribution in [0.5, 0.6) is 5.75 Å². The molecule has 3 nitrogen and oxygen atoms in total. The number of ether oxygens (including phenoxy) is 1. The Balaban J connectivity index is 2.07. The number of nitriles is 1. The molecule has 1 aliphatic rings. The topological polar surface area (TPSA) is 45.0 Å². The normalized spacial score (nSPS) is 25.3. The van der Waals surface area contributed by atoms with Gasteiger partial charge in [0.15, 0.2) is 0 Å². The summed E-state index contributed by atoms with van der Waals surface area (Å²) in [7, 11) is 0. The maximum atomic E-state index is 13.3. The molecule has 2 atom stereocenters. The van der Waals surface area contributed by atoms with Crippen LogP contribution in [0.1, 0.15) is 44.6 Å². The SMILES string of the molecule is CCCNC1(C#N)CCCC(Oc2cc(F)ccc2C)C1. The van der Waals surface area contributed by atoms with Crippen LogP contribution in [0.3, 0.4) is 0 Å². The standard InChI is InChI=1S/C17H23FN2O/c1-3-9-20-17(12-19)8-4-5-15(11-17)21-16-10-14(18)7-6-13(16)2/h6-7,10,15,20H,3-5,8-9,11H2,1-2H3. The van der Waals surface area contributed by atoms with Crippen molar-refractivity contribution in [1.82, 2.24) is 5.32 Å². The van der Waals surface area contributed by atoms with E-state index < -0.39 is 5.54 Å². The molecular formula is C17H23FN2O. The Labute approximate surface area is 126 Å². The van der Waals surface area contributed by atoms with Gasteiger partial charge in [-0.2, -0.15) is 5.26 Å². The molecule has 0 spiro atoms. The molecule has 4 heteroatoms. The lowest BCUT2D eigenvalue weighted by molar-refractivity contribution is 0.111. The summed E-state index contributed by atoms with van der Waals surface area (Å²) in [4.78, 5) is 0. The zero-order chi connectivity index (χ0) is 15.3. The third-order valence-corrected chi connectivity index (χ3v) is 4.08. The van der Waals surface area contributed by atoms with Gasteiger partial charge in [-0.15, -0.1) is 0 Å². The summed E-state index contributed by atoms with van der Waals surface area (Å²) in [5.41, 5.74) is 0.422. The smallest absolute Gasteiger partial charge is 0.126 e. The molecular weight excluding hydrogens is 267 g/mol. The fourth-order valence-corrected chi connectivity index (χ4v) is 2.87. The van der Waals surface area contributed by atoms with Crippen LogP contribution in [-0.2, 0) is 0 Å². The lowest BCUT2D eigenvalue weighted by Crippen LogP contribution is -2.50. The molecule has 0 radical (unpaired) electrons. The third-order valence-electron chi connectivity index (χ3n) is 4.08. The Hall–Kier alpha value is -1.60. The molecule has 0 amide bonds. The Morgan fingerprint density at radius 1 is 1.52 bits per heavy atom. The van der Waals surface area contributed by atoms with Crippen LogP contribution in [0, 0.1) is 24.1 Å². The van der Waals surface area contributed by atoms with Gasteiger partial charge in [0, 0.05) is 12.5 Å².